The highest BCUT2D eigenvalue weighted by molar-refractivity contribution is 7.10. The van der Waals surface area contributed by atoms with Crippen molar-refractivity contribution in [1.82, 2.24) is 10.6 Å². The minimum atomic E-state index is -0.168. The number of hydrogen-bond donors (Lipinski definition) is 3. The van der Waals surface area contributed by atoms with Gasteiger partial charge in [-0.05, 0) is 43.2 Å². The van der Waals surface area contributed by atoms with E-state index in [-0.39, 0.29) is 37.0 Å². The van der Waals surface area contributed by atoms with Crippen molar-refractivity contribution in [2.24, 2.45) is 5.92 Å². The van der Waals surface area contributed by atoms with E-state index in [1.54, 1.807) is 11.3 Å². The number of carbonyl (C=O) groups excluding carboxylic acids is 2. The van der Waals surface area contributed by atoms with E-state index in [1.165, 1.54) is 16.0 Å². The minimum absolute atomic E-state index is 0.0123. The zero-order valence-corrected chi connectivity index (χ0v) is 18.0. The van der Waals surface area contributed by atoms with Crippen molar-refractivity contribution in [2.75, 3.05) is 13.1 Å². The molecule has 28 heavy (non-hydrogen) atoms. The lowest BCUT2D eigenvalue weighted by Crippen LogP contribution is -2.87. The van der Waals surface area contributed by atoms with E-state index < -0.39 is 0 Å². The van der Waals surface area contributed by atoms with Gasteiger partial charge in [0.25, 0.3) is 5.91 Å². The molecule has 1 atom stereocenters. The summed E-state index contributed by atoms with van der Waals surface area (Å²) < 4.78 is 0. The second kappa shape index (κ2) is 11.0. The first-order valence-electron chi connectivity index (χ1n) is 9.86. The van der Waals surface area contributed by atoms with Gasteiger partial charge in [0.05, 0.1) is 11.4 Å². The maximum Gasteiger partial charge on any atom is 0.275 e. The van der Waals surface area contributed by atoms with Crippen molar-refractivity contribution in [2.45, 2.75) is 46.2 Å². The zero-order valence-electron chi connectivity index (χ0n) is 17.2. The molecule has 0 saturated heterocycles. The van der Waals surface area contributed by atoms with Crippen molar-refractivity contribution < 1.29 is 14.9 Å². The van der Waals surface area contributed by atoms with Crippen LogP contribution in [0.3, 0.4) is 0 Å². The van der Waals surface area contributed by atoms with Crippen molar-refractivity contribution in [1.29, 1.82) is 0 Å². The third-order valence-corrected chi connectivity index (χ3v) is 5.22. The molecule has 0 aliphatic rings. The molecule has 1 aromatic heterocycles. The lowest BCUT2D eigenvalue weighted by molar-refractivity contribution is -0.676. The molecular formula is C22H32N3O2S+. The van der Waals surface area contributed by atoms with E-state index in [1.807, 2.05) is 25.2 Å². The van der Waals surface area contributed by atoms with E-state index in [0.717, 1.165) is 6.42 Å². The van der Waals surface area contributed by atoms with Gasteiger partial charge >= 0.3 is 0 Å². The summed E-state index contributed by atoms with van der Waals surface area (Å²) in [6, 6.07) is 13.0. The quantitative estimate of drug-likeness (QED) is 0.570. The number of benzene rings is 1. The summed E-state index contributed by atoms with van der Waals surface area (Å²) >= 11 is 1.69. The number of rotatable bonds is 10. The van der Waals surface area contributed by atoms with Crippen LogP contribution in [0.25, 0.3) is 0 Å². The Hall–Kier alpha value is -2.18. The van der Waals surface area contributed by atoms with E-state index in [2.05, 4.69) is 60.2 Å². The Labute approximate surface area is 171 Å². The molecule has 0 saturated carbocycles. The fraction of sp³-hybridized carbons (Fsp3) is 0.455. The standard InChI is InChI=1S/C22H31N3O2S/c1-15(2)12-17-7-9-18(10-8-17)22(19-6-5-11-28-19)24-13-20(26)23-14-21(27)25-16(3)4/h5-11,15-16,22,24H,12-14H2,1-4H3,(H,23,26)(H,25,27)/p+1/t22-/m1/s1. The monoisotopic (exact) mass is 402 g/mol. The molecule has 1 heterocycles. The fourth-order valence-electron chi connectivity index (χ4n) is 3.07. The third-order valence-electron chi connectivity index (χ3n) is 4.27. The number of carbonyl (C=O) groups is 2. The maximum atomic E-state index is 12.2. The number of hydrogen-bond acceptors (Lipinski definition) is 3. The lowest BCUT2D eigenvalue weighted by atomic mass is 9.99. The van der Waals surface area contributed by atoms with Gasteiger partial charge in [0.15, 0.2) is 6.54 Å². The third kappa shape index (κ3) is 7.44. The van der Waals surface area contributed by atoms with Crippen LogP contribution < -0.4 is 16.0 Å². The Morgan fingerprint density at radius 3 is 2.32 bits per heavy atom. The van der Waals surface area contributed by atoms with Gasteiger partial charge in [-0.15, -0.1) is 11.3 Å². The smallest absolute Gasteiger partial charge is 0.275 e. The molecule has 5 nitrogen and oxygen atoms in total. The van der Waals surface area contributed by atoms with Crippen LogP contribution in [0.4, 0.5) is 0 Å². The fourth-order valence-corrected chi connectivity index (χ4v) is 3.92. The summed E-state index contributed by atoms with van der Waals surface area (Å²) in [5, 5.41) is 9.54. The molecule has 1 aromatic carbocycles. The first kappa shape index (κ1) is 22.1. The molecule has 0 radical (unpaired) electrons. The largest absolute Gasteiger partial charge is 0.352 e. The molecule has 2 amide bonds. The van der Waals surface area contributed by atoms with Crippen LogP contribution in [0.1, 0.15) is 49.7 Å². The topological polar surface area (TPSA) is 74.8 Å². The first-order chi connectivity index (χ1) is 13.3. The molecule has 6 heteroatoms. The summed E-state index contributed by atoms with van der Waals surface area (Å²) in [4.78, 5) is 25.1. The van der Waals surface area contributed by atoms with Gasteiger partial charge < -0.3 is 16.0 Å². The molecule has 4 N–H and O–H groups in total. The second-order valence-corrected chi connectivity index (χ2v) is 8.75. The molecule has 0 bridgehead atoms. The number of quaternary nitrogens is 1. The molecule has 2 rings (SSSR count). The molecular weight excluding hydrogens is 370 g/mol. The van der Waals surface area contributed by atoms with Crippen molar-refractivity contribution in [3.05, 3.63) is 57.8 Å². The Morgan fingerprint density at radius 1 is 1.04 bits per heavy atom. The average Bonchev–Trinajstić information content (AvgIpc) is 3.15. The zero-order chi connectivity index (χ0) is 20.5. The van der Waals surface area contributed by atoms with Crippen LogP contribution >= 0.6 is 11.3 Å². The molecule has 0 aliphatic carbocycles. The summed E-state index contributed by atoms with van der Waals surface area (Å²) in [5.41, 5.74) is 2.51. The number of amides is 2. The van der Waals surface area contributed by atoms with Gasteiger partial charge in [0.1, 0.15) is 6.04 Å². The lowest BCUT2D eigenvalue weighted by Gasteiger charge is -2.16. The van der Waals surface area contributed by atoms with Crippen molar-refractivity contribution in [3.8, 4) is 0 Å². The second-order valence-electron chi connectivity index (χ2n) is 7.77. The summed E-state index contributed by atoms with van der Waals surface area (Å²) in [6.07, 6.45) is 1.06. The van der Waals surface area contributed by atoms with Gasteiger partial charge in [0, 0.05) is 11.6 Å². The molecule has 0 spiro atoms. The molecule has 0 aliphatic heterocycles. The summed E-state index contributed by atoms with van der Waals surface area (Å²) in [7, 11) is 0. The number of nitrogens with one attached hydrogen (secondary N) is 2. The highest BCUT2D eigenvalue weighted by Gasteiger charge is 2.20. The predicted molar refractivity (Wildman–Crippen MR) is 114 cm³/mol. The van der Waals surface area contributed by atoms with Crippen LogP contribution in [-0.4, -0.2) is 30.9 Å². The van der Waals surface area contributed by atoms with E-state index in [0.29, 0.717) is 5.92 Å². The van der Waals surface area contributed by atoms with Gasteiger partial charge in [-0.1, -0.05) is 44.2 Å². The minimum Gasteiger partial charge on any atom is -0.352 e. The van der Waals surface area contributed by atoms with Gasteiger partial charge in [-0.3, -0.25) is 9.59 Å². The van der Waals surface area contributed by atoms with Gasteiger partial charge in [0.2, 0.25) is 5.91 Å². The van der Waals surface area contributed by atoms with Crippen LogP contribution in [-0.2, 0) is 16.0 Å². The summed E-state index contributed by atoms with van der Waals surface area (Å²) in [5.74, 6) is 0.317. The van der Waals surface area contributed by atoms with Crippen molar-refractivity contribution in [3.63, 3.8) is 0 Å². The predicted octanol–water partition coefficient (Wildman–Crippen LogP) is 2.24. The van der Waals surface area contributed by atoms with E-state index in [9.17, 15) is 9.59 Å². The molecule has 152 valence electrons. The van der Waals surface area contributed by atoms with Crippen LogP contribution in [0.5, 0.6) is 0 Å². The van der Waals surface area contributed by atoms with E-state index >= 15 is 0 Å². The normalized spacial score (nSPS) is 12.2. The number of nitrogens with two attached hydrogens (primary N) is 1. The van der Waals surface area contributed by atoms with Gasteiger partial charge in [-0.2, -0.15) is 0 Å². The van der Waals surface area contributed by atoms with Crippen molar-refractivity contribution >= 4 is 23.2 Å². The SMILES string of the molecule is CC(C)Cc1ccc([C@@H]([NH2+]CC(=O)NCC(=O)NC(C)C)c2cccs2)cc1. The van der Waals surface area contributed by atoms with Crippen LogP contribution in [0.2, 0.25) is 0 Å². The Morgan fingerprint density at radius 2 is 1.75 bits per heavy atom. The Balaban J connectivity index is 1.97. The Bertz CT molecular complexity index is 740. The molecule has 2 aromatic rings. The number of thiophene rings is 1. The molecule has 0 fully saturated rings. The highest BCUT2D eigenvalue weighted by atomic mass is 32.1. The van der Waals surface area contributed by atoms with Gasteiger partial charge in [-0.25, -0.2) is 0 Å². The summed E-state index contributed by atoms with van der Waals surface area (Å²) in [6.45, 7) is 8.51. The molecule has 0 unspecified atom stereocenters. The maximum absolute atomic E-state index is 12.2. The van der Waals surface area contributed by atoms with Crippen LogP contribution in [0.15, 0.2) is 41.8 Å². The van der Waals surface area contributed by atoms with Crippen LogP contribution in [0, 0.1) is 5.92 Å². The highest BCUT2D eigenvalue weighted by Crippen LogP contribution is 2.23. The first-order valence-corrected chi connectivity index (χ1v) is 10.7. The van der Waals surface area contributed by atoms with E-state index in [4.69, 9.17) is 0 Å². The average molecular weight is 403 g/mol. The Kier molecular flexibility index (Phi) is 8.67.